The molecular formula is C19H21N5O3. The number of likely N-dealkylation sites (tertiary alicyclic amines) is 1. The van der Waals surface area contributed by atoms with Crippen molar-refractivity contribution in [3.05, 3.63) is 64.2 Å². The summed E-state index contributed by atoms with van der Waals surface area (Å²) in [6.45, 7) is 2.95. The number of hydrogen-bond acceptors (Lipinski definition) is 5. The van der Waals surface area contributed by atoms with Gasteiger partial charge in [0.2, 0.25) is 0 Å². The Kier molecular flexibility index (Phi) is 4.39. The number of carbonyl (C=O) groups excluding carboxylic acids is 1. The molecule has 27 heavy (non-hydrogen) atoms. The molecule has 1 saturated heterocycles. The molecule has 3 heterocycles. The number of nitrogens with zero attached hydrogens (tertiary/aromatic N) is 5. The van der Waals surface area contributed by atoms with Gasteiger partial charge in [-0.05, 0) is 31.9 Å². The predicted octanol–water partition coefficient (Wildman–Crippen LogP) is 1.89. The monoisotopic (exact) mass is 367 g/mol. The molecule has 0 unspecified atom stereocenters. The van der Waals surface area contributed by atoms with Gasteiger partial charge in [-0.1, -0.05) is 23.4 Å². The number of aryl methyl sites for hydroxylation is 2. The molecule has 1 fully saturated rings. The van der Waals surface area contributed by atoms with Gasteiger partial charge in [-0.15, -0.1) is 0 Å². The molecule has 0 atom stereocenters. The highest BCUT2D eigenvalue weighted by Crippen LogP contribution is 2.28. The lowest BCUT2D eigenvalue weighted by Crippen LogP contribution is -2.38. The van der Waals surface area contributed by atoms with Crippen molar-refractivity contribution in [3.63, 3.8) is 0 Å². The van der Waals surface area contributed by atoms with Crippen molar-refractivity contribution in [2.24, 2.45) is 7.05 Å². The van der Waals surface area contributed by atoms with E-state index in [1.807, 2.05) is 30.3 Å². The van der Waals surface area contributed by atoms with E-state index in [9.17, 15) is 9.59 Å². The molecule has 8 nitrogen and oxygen atoms in total. The summed E-state index contributed by atoms with van der Waals surface area (Å²) in [5, 5.41) is 8.29. The predicted molar refractivity (Wildman–Crippen MR) is 97.9 cm³/mol. The Hall–Kier alpha value is -3.16. The molecule has 8 heteroatoms. The molecule has 0 saturated carbocycles. The zero-order valence-corrected chi connectivity index (χ0v) is 15.3. The third-order valence-corrected chi connectivity index (χ3v) is 4.96. The minimum Gasteiger partial charge on any atom is -0.361 e. The van der Waals surface area contributed by atoms with E-state index < -0.39 is 0 Å². The van der Waals surface area contributed by atoms with Crippen LogP contribution in [0.15, 0.2) is 45.7 Å². The van der Waals surface area contributed by atoms with Crippen LogP contribution in [0.4, 0.5) is 0 Å². The summed E-state index contributed by atoms with van der Waals surface area (Å²) in [7, 11) is 1.66. The van der Waals surface area contributed by atoms with Gasteiger partial charge in [0.25, 0.3) is 5.91 Å². The fourth-order valence-electron chi connectivity index (χ4n) is 3.54. The van der Waals surface area contributed by atoms with Gasteiger partial charge in [0, 0.05) is 32.1 Å². The van der Waals surface area contributed by atoms with Crippen LogP contribution in [0.1, 0.15) is 40.8 Å². The second-order valence-corrected chi connectivity index (χ2v) is 6.82. The molecule has 3 aromatic rings. The van der Waals surface area contributed by atoms with E-state index in [0.717, 1.165) is 24.4 Å². The standard InChI is InChI=1S/C19H21N5O3/c1-13-12-16(21-27-13)18(25)23-10-8-14(9-11-23)17-20-22(2)19(26)24(17)15-6-4-3-5-7-15/h3-7,12,14H,8-11H2,1-2H3. The third kappa shape index (κ3) is 3.18. The summed E-state index contributed by atoms with van der Waals surface area (Å²) in [6, 6.07) is 11.2. The van der Waals surface area contributed by atoms with Crippen LogP contribution in [0.2, 0.25) is 0 Å². The summed E-state index contributed by atoms with van der Waals surface area (Å²) in [6.07, 6.45) is 1.48. The quantitative estimate of drug-likeness (QED) is 0.706. The summed E-state index contributed by atoms with van der Waals surface area (Å²) in [5.41, 5.74) is 0.986. The van der Waals surface area contributed by atoms with Crippen LogP contribution < -0.4 is 5.69 Å². The summed E-state index contributed by atoms with van der Waals surface area (Å²) in [4.78, 5) is 26.9. The molecule has 1 aliphatic rings. The lowest BCUT2D eigenvalue weighted by molar-refractivity contribution is 0.0700. The van der Waals surface area contributed by atoms with Gasteiger partial charge < -0.3 is 9.42 Å². The Labute approximate surface area is 156 Å². The first-order valence-corrected chi connectivity index (χ1v) is 8.98. The maximum atomic E-state index is 12.6. The molecule has 4 rings (SSSR count). The van der Waals surface area contributed by atoms with Crippen molar-refractivity contribution in [1.82, 2.24) is 24.4 Å². The van der Waals surface area contributed by atoms with E-state index in [1.165, 1.54) is 4.68 Å². The SMILES string of the molecule is Cc1cc(C(=O)N2CCC(c3nn(C)c(=O)n3-c3ccccc3)CC2)no1. The maximum absolute atomic E-state index is 12.6. The van der Waals surface area contributed by atoms with Crippen molar-refractivity contribution < 1.29 is 9.32 Å². The normalized spacial score (nSPS) is 15.3. The average molecular weight is 367 g/mol. The van der Waals surface area contributed by atoms with Crippen molar-refractivity contribution >= 4 is 5.91 Å². The second-order valence-electron chi connectivity index (χ2n) is 6.82. The number of piperidine rings is 1. The molecule has 1 aliphatic heterocycles. The second kappa shape index (κ2) is 6.86. The minimum atomic E-state index is -0.159. The molecule has 2 aromatic heterocycles. The van der Waals surface area contributed by atoms with Crippen LogP contribution in [0.25, 0.3) is 5.69 Å². The number of amides is 1. The molecular weight excluding hydrogens is 346 g/mol. The van der Waals surface area contributed by atoms with E-state index in [-0.39, 0.29) is 17.5 Å². The summed E-state index contributed by atoms with van der Waals surface area (Å²) >= 11 is 0. The molecule has 0 N–H and O–H groups in total. The number of hydrogen-bond donors (Lipinski definition) is 0. The van der Waals surface area contributed by atoms with Crippen LogP contribution in [0.3, 0.4) is 0 Å². The minimum absolute atomic E-state index is 0.113. The fourth-order valence-corrected chi connectivity index (χ4v) is 3.54. The Morgan fingerprint density at radius 3 is 2.52 bits per heavy atom. The van der Waals surface area contributed by atoms with Crippen molar-refractivity contribution in [2.45, 2.75) is 25.7 Å². The van der Waals surface area contributed by atoms with Gasteiger partial charge in [0.15, 0.2) is 5.69 Å². The smallest absolute Gasteiger partial charge is 0.350 e. The highest BCUT2D eigenvalue weighted by Gasteiger charge is 2.30. The average Bonchev–Trinajstić information content (AvgIpc) is 3.26. The fraction of sp³-hybridized carbons (Fsp3) is 0.368. The molecule has 0 radical (unpaired) electrons. The molecule has 0 bridgehead atoms. The van der Waals surface area contributed by atoms with Crippen LogP contribution in [0, 0.1) is 6.92 Å². The summed E-state index contributed by atoms with van der Waals surface area (Å²) in [5.74, 6) is 1.36. The van der Waals surface area contributed by atoms with Crippen molar-refractivity contribution in [2.75, 3.05) is 13.1 Å². The zero-order chi connectivity index (χ0) is 19.0. The van der Waals surface area contributed by atoms with Gasteiger partial charge >= 0.3 is 5.69 Å². The van der Waals surface area contributed by atoms with E-state index in [4.69, 9.17) is 4.52 Å². The number of aromatic nitrogens is 4. The zero-order valence-electron chi connectivity index (χ0n) is 15.3. The van der Waals surface area contributed by atoms with Gasteiger partial charge in [-0.25, -0.2) is 14.0 Å². The highest BCUT2D eigenvalue weighted by atomic mass is 16.5. The van der Waals surface area contributed by atoms with E-state index in [0.29, 0.717) is 24.5 Å². The Morgan fingerprint density at radius 2 is 1.89 bits per heavy atom. The number of para-hydroxylation sites is 1. The van der Waals surface area contributed by atoms with Gasteiger partial charge in [0.05, 0.1) is 5.69 Å². The number of carbonyl (C=O) groups is 1. The van der Waals surface area contributed by atoms with E-state index >= 15 is 0 Å². The Bertz CT molecular complexity index is 1010. The van der Waals surface area contributed by atoms with Crippen molar-refractivity contribution in [3.8, 4) is 5.69 Å². The third-order valence-electron chi connectivity index (χ3n) is 4.96. The number of rotatable bonds is 3. The Balaban J connectivity index is 1.55. The van der Waals surface area contributed by atoms with Crippen molar-refractivity contribution in [1.29, 1.82) is 0 Å². The maximum Gasteiger partial charge on any atom is 0.350 e. The van der Waals surface area contributed by atoms with Crippen LogP contribution in [-0.2, 0) is 7.05 Å². The van der Waals surface area contributed by atoms with Crippen LogP contribution >= 0.6 is 0 Å². The van der Waals surface area contributed by atoms with Crippen LogP contribution in [-0.4, -0.2) is 43.4 Å². The molecule has 0 spiro atoms. The van der Waals surface area contributed by atoms with Gasteiger partial charge in [-0.3, -0.25) is 4.79 Å². The lowest BCUT2D eigenvalue weighted by Gasteiger charge is -2.31. The first kappa shape index (κ1) is 17.3. The Morgan fingerprint density at radius 1 is 1.19 bits per heavy atom. The molecule has 1 amide bonds. The first-order valence-electron chi connectivity index (χ1n) is 8.98. The number of benzene rings is 1. The van der Waals surface area contributed by atoms with E-state index in [1.54, 1.807) is 29.5 Å². The lowest BCUT2D eigenvalue weighted by atomic mass is 9.95. The largest absolute Gasteiger partial charge is 0.361 e. The van der Waals surface area contributed by atoms with Gasteiger partial charge in [-0.2, -0.15) is 5.10 Å². The van der Waals surface area contributed by atoms with Crippen LogP contribution in [0.5, 0.6) is 0 Å². The first-order chi connectivity index (χ1) is 13.0. The molecule has 1 aromatic carbocycles. The van der Waals surface area contributed by atoms with Gasteiger partial charge in [0.1, 0.15) is 11.6 Å². The summed E-state index contributed by atoms with van der Waals surface area (Å²) < 4.78 is 8.04. The van der Waals surface area contributed by atoms with E-state index in [2.05, 4.69) is 10.3 Å². The molecule has 0 aliphatic carbocycles. The molecule has 140 valence electrons. The highest BCUT2D eigenvalue weighted by molar-refractivity contribution is 5.92. The topological polar surface area (TPSA) is 86.2 Å².